The lowest BCUT2D eigenvalue weighted by Gasteiger charge is -2.15. The summed E-state index contributed by atoms with van der Waals surface area (Å²) in [7, 11) is 3.20. The Morgan fingerprint density at radius 2 is 2.17 bits per heavy atom. The van der Waals surface area contributed by atoms with E-state index < -0.39 is 6.61 Å². The summed E-state index contributed by atoms with van der Waals surface area (Å²) in [5, 5.41) is 2.99. The fourth-order valence-electron chi connectivity index (χ4n) is 1.16. The molecule has 1 aromatic carbocycles. The van der Waals surface area contributed by atoms with Crippen LogP contribution >= 0.6 is 11.6 Å². The van der Waals surface area contributed by atoms with Gasteiger partial charge in [-0.25, -0.2) is 0 Å². The highest BCUT2D eigenvalue weighted by Gasteiger charge is 2.11. The van der Waals surface area contributed by atoms with Gasteiger partial charge in [-0.1, -0.05) is 11.6 Å². The van der Waals surface area contributed by atoms with E-state index in [1.54, 1.807) is 14.1 Å². The molecule has 18 heavy (non-hydrogen) atoms. The van der Waals surface area contributed by atoms with Crippen molar-refractivity contribution in [2.75, 3.05) is 26.0 Å². The molecular formula is C11H13ClF2N2O2. The first-order valence-corrected chi connectivity index (χ1v) is 5.46. The van der Waals surface area contributed by atoms with Gasteiger partial charge in [0.05, 0.1) is 12.2 Å². The SMILES string of the molecule is CN(C)C(=O)CNc1ccc(Cl)cc1OC(F)F. The third kappa shape index (κ3) is 4.37. The highest BCUT2D eigenvalue weighted by Crippen LogP contribution is 2.29. The molecule has 0 aliphatic carbocycles. The molecule has 0 saturated heterocycles. The normalized spacial score (nSPS) is 10.3. The zero-order valence-electron chi connectivity index (χ0n) is 9.91. The van der Waals surface area contributed by atoms with Gasteiger partial charge in [-0.3, -0.25) is 4.79 Å². The molecular weight excluding hydrogens is 266 g/mol. The van der Waals surface area contributed by atoms with Crippen LogP contribution in [0.3, 0.4) is 0 Å². The average molecular weight is 279 g/mol. The number of alkyl halides is 2. The average Bonchev–Trinajstić information content (AvgIpc) is 2.26. The van der Waals surface area contributed by atoms with Crippen LogP contribution in [0.15, 0.2) is 18.2 Å². The molecule has 0 fully saturated rings. The monoisotopic (exact) mass is 278 g/mol. The fourth-order valence-corrected chi connectivity index (χ4v) is 1.33. The number of nitrogens with zero attached hydrogens (tertiary/aromatic N) is 1. The van der Waals surface area contributed by atoms with Crippen molar-refractivity contribution in [3.8, 4) is 5.75 Å². The molecule has 0 bridgehead atoms. The lowest BCUT2D eigenvalue weighted by atomic mass is 10.3. The molecule has 1 aromatic rings. The van der Waals surface area contributed by atoms with E-state index in [2.05, 4.69) is 10.1 Å². The Kier molecular flexibility index (Phi) is 5.15. The quantitative estimate of drug-likeness (QED) is 0.899. The summed E-state index contributed by atoms with van der Waals surface area (Å²) in [6.45, 7) is -2.97. The first-order valence-electron chi connectivity index (χ1n) is 5.08. The van der Waals surface area contributed by atoms with Crippen LogP contribution in [0, 0.1) is 0 Å². The van der Waals surface area contributed by atoms with E-state index in [1.165, 1.54) is 23.1 Å². The van der Waals surface area contributed by atoms with Gasteiger partial charge < -0.3 is 15.0 Å². The van der Waals surface area contributed by atoms with Gasteiger partial charge in [0.25, 0.3) is 0 Å². The molecule has 0 aliphatic rings. The van der Waals surface area contributed by atoms with Crippen LogP contribution in [0.25, 0.3) is 0 Å². The van der Waals surface area contributed by atoms with Crippen LogP contribution in [0.4, 0.5) is 14.5 Å². The summed E-state index contributed by atoms with van der Waals surface area (Å²) in [5.74, 6) is -0.281. The van der Waals surface area contributed by atoms with E-state index in [4.69, 9.17) is 11.6 Å². The van der Waals surface area contributed by atoms with Gasteiger partial charge in [0.15, 0.2) is 5.75 Å². The maximum atomic E-state index is 12.2. The van der Waals surface area contributed by atoms with Gasteiger partial charge in [-0.15, -0.1) is 0 Å². The second-order valence-electron chi connectivity index (χ2n) is 3.66. The predicted molar refractivity (Wildman–Crippen MR) is 65.3 cm³/mol. The molecule has 4 nitrogen and oxygen atoms in total. The van der Waals surface area contributed by atoms with E-state index >= 15 is 0 Å². The van der Waals surface area contributed by atoms with Crippen molar-refractivity contribution in [2.24, 2.45) is 0 Å². The van der Waals surface area contributed by atoms with Gasteiger partial charge >= 0.3 is 6.61 Å². The molecule has 0 spiro atoms. The van der Waals surface area contributed by atoms with E-state index in [1.807, 2.05) is 0 Å². The number of hydrogen-bond acceptors (Lipinski definition) is 3. The number of benzene rings is 1. The number of likely N-dealkylation sites (N-methyl/N-ethyl adjacent to an activating group) is 1. The summed E-state index contributed by atoms with van der Waals surface area (Å²) >= 11 is 5.69. The highest BCUT2D eigenvalue weighted by atomic mass is 35.5. The van der Waals surface area contributed by atoms with Crippen LogP contribution in [-0.4, -0.2) is 38.1 Å². The van der Waals surface area contributed by atoms with Crippen molar-refractivity contribution < 1.29 is 18.3 Å². The molecule has 1 N–H and O–H groups in total. The van der Waals surface area contributed by atoms with Crippen molar-refractivity contribution in [3.63, 3.8) is 0 Å². The van der Waals surface area contributed by atoms with E-state index in [-0.39, 0.29) is 28.9 Å². The summed E-state index contributed by atoms with van der Waals surface area (Å²) in [5.41, 5.74) is 0.287. The third-order valence-corrected chi connectivity index (χ3v) is 2.32. The summed E-state index contributed by atoms with van der Waals surface area (Å²) in [4.78, 5) is 12.8. The Bertz CT molecular complexity index is 428. The second kappa shape index (κ2) is 6.39. The van der Waals surface area contributed by atoms with Gasteiger partial charge in [-0.05, 0) is 12.1 Å². The number of ether oxygens (including phenoxy) is 1. The van der Waals surface area contributed by atoms with Crippen LogP contribution in [0.2, 0.25) is 5.02 Å². The van der Waals surface area contributed by atoms with Crippen molar-refractivity contribution >= 4 is 23.2 Å². The molecule has 0 aromatic heterocycles. The molecule has 100 valence electrons. The largest absolute Gasteiger partial charge is 0.433 e. The maximum absolute atomic E-state index is 12.2. The number of carbonyl (C=O) groups excluding carboxylic acids is 1. The van der Waals surface area contributed by atoms with E-state index in [0.29, 0.717) is 0 Å². The molecule has 7 heteroatoms. The number of hydrogen-bond donors (Lipinski definition) is 1. The number of nitrogens with one attached hydrogen (secondary N) is 1. The highest BCUT2D eigenvalue weighted by molar-refractivity contribution is 6.30. The lowest BCUT2D eigenvalue weighted by molar-refractivity contribution is -0.126. The molecule has 0 radical (unpaired) electrons. The molecule has 0 heterocycles. The van der Waals surface area contributed by atoms with Crippen molar-refractivity contribution in [2.45, 2.75) is 6.61 Å². The third-order valence-electron chi connectivity index (χ3n) is 2.09. The van der Waals surface area contributed by atoms with Crippen molar-refractivity contribution in [1.82, 2.24) is 4.90 Å². The van der Waals surface area contributed by atoms with Crippen LogP contribution < -0.4 is 10.1 Å². The summed E-state index contributed by atoms with van der Waals surface area (Å²) in [6.07, 6.45) is 0. The topological polar surface area (TPSA) is 41.6 Å². The molecule has 1 rings (SSSR count). The van der Waals surface area contributed by atoms with E-state index in [9.17, 15) is 13.6 Å². The zero-order chi connectivity index (χ0) is 13.7. The molecule has 0 saturated carbocycles. The number of carbonyl (C=O) groups is 1. The lowest BCUT2D eigenvalue weighted by Crippen LogP contribution is -2.28. The Balaban J connectivity index is 2.78. The van der Waals surface area contributed by atoms with Gasteiger partial charge in [0, 0.05) is 25.2 Å². The Hall–Kier alpha value is -1.56. The number of halogens is 3. The summed E-state index contributed by atoms with van der Waals surface area (Å²) in [6, 6.07) is 4.25. The van der Waals surface area contributed by atoms with Gasteiger partial charge in [0.1, 0.15) is 0 Å². The van der Waals surface area contributed by atoms with Crippen molar-refractivity contribution in [1.29, 1.82) is 0 Å². The molecule has 0 atom stereocenters. The van der Waals surface area contributed by atoms with Gasteiger partial charge in [0.2, 0.25) is 5.91 Å². The zero-order valence-corrected chi connectivity index (χ0v) is 10.7. The van der Waals surface area contributed by atoms with Crippen molar-refractivity contribution in [3.05, 3.63) is 23.2 Å². The standard InChI is InChI=1S/C11H13ClF2N2O2/c1-16(2)10(17)6-15-8-4-3-7(12)5-9(8)18-11(13)14/h3-5,11,15H,6H2,1-2H3. The minimum Gasteiger partial charge on any atom is -0.433 e. The Morgan fingerprint density at radius 1 is 1.50 bits per heavy atom. The fraction of sp³-hybridized carbons (Fsp3) is 0.364. The number of rotatable bonds is 5. The van der Waals surface area contributed by atoms with Crippen LogP contribution in [-0.2, 0) is 4.79 Å². The first-order chi connectivity index (χ1) is 8.40. The van der Waals surface area contributed by atoms with Crippen LogP contribution in [0.1, 0.15) is 0 Å². The first kappa shape index (κ1) is 14.5. The molecule has 1 amide bonds. The number of amides is 1. The predicted octanol–water partition coefficient (Wildman–Crippen LogP) is 2.44. The Morgan fingerprint density at radius 3 is 2.72 bits per heavy atom. The van der Waals surface area contributed by atoms with Gasteiger partial charge in [-0.2, -0.15) is 8.78 Å². The minimum atomic E-state index is -2.95. The number of anilines is 1. The van der Waals surface area contributed by atoms with Crippen LogP contribution in [0.5, 0.6) is 5.75 Å². The van der Waals surface area contributed by atoms with E-state index in [0.717, 1.165) is 0 Å². The second-order valence-corrected chi connectivity index (χ2v) is 4.10. The molecule has 0 unspecified atom stereocenters. The molecule has 0 aliphatic heterocycles. The maximum Gasteiger partial charge on any atom is 0.387 e. The smallest absolute Gasteiger partial charge is 0.387 e. The summed E-state index contributed by atoms with van der Waals surface area (Å²) < 4.78 is 28.7. The minimum absolute atomic E-state index is 0.0196. The Labute approximate surface area is 108 Å².